The van der Waals surface area contributed by atoms with Crippen LogP contribution in [0.15, 0.2) is 30.3 Å². The number of nitrogens with zero attached hydrogens (tertiary/aromatic N) is 1. The number of hydrogen-bond acceptors (Lipinski definition) is 2. The van der Waals surface area contributed by atoms with Crippen LogP contribution in [0.1, 0.15) is 44.7 Å². The first kappa shape index (κ1) is 13.1. The van der Waals surface area contributed by atoms with Crippen LogP contribution in [0.3, 0.4) is 0 Å². The summed E-state index contributed by atoms with van der Waals surface area (Å²) in [5, 5.41) is 12.7. The second kappa shape index (κ2) is 6.02. The van der Waals surface area contributed by atoms with Gasteiger partial charge in [-0.25, -0.2) is 0 Å². The monoisotopic (exact) mass is 242 g/mol. The van der Waals surface area contributed by atoms with Crippen LogP contribution in [0.25, 0.3) is 0 Å². The summed E-state index contributed by atoms with van der Waals surface area (Å²) < 4.78 is 0. The minimum absolute atomic E-state index is 0.175. The van der Waals surface area contributed by atoms with Crippen molar-refractivity contribution < 1.29 is 0 Å². The van der Waals surface area contributed by atoms with E-state index >= 15 is 0 Å². The van der Waals surface area contributed by atoms with E-state index < -0.39 is 0 Å². The summed E-state index contributed by atoms with van der Waals surface area (Å²) in [7, 11) is 0. The topological polar surface area (TPSA) is 35.8 Å². The average molecular weight is 242 g/mol. The molecule has 4 unspecified atom stereocenters. The van der Waals surface area contributed by atoms with Crippen molar-refractivity contribution in [3.05, 3.63) is 35.9 Å². The lowest BCUT2D eigenvalue weighted by molar-refractivity contribution is 0.340. The number of nitrogens with one attached hydrogen (secondary N) is 1. The number of nitriles is 1. The van der Waals surface area contributed by atoms with Crippen LogP contribution >= 0.6 is 0 Å². The standard InChI is InChI=1S/C16H22N2/c1-12-8-9-15(13(12)2)18-16(10-11-17)14-6-4-3-5-7-14/h3-7,12-13,15-16,18H,8-10H2,1-2H3. The van der Waals surface area contributed by atoms with E-state index in [1.165, 1.54) is 18.4 Å². The highest BCUT2D eigenvalue weighted by Crippen LogP contribution is 2.33. The molecular weight excluding hydrogens is 220 g/mol. The molecule has 0 saturated heterocycles. The Morgan fingerprint density at radius 1 is 1.28 bits per heavy atom. The molecular formula is C16H22N2. The fourth-order valence-corrected chi connectivity index (χ4v) is 2.91. The van der Waals surface area contributed by atoms with Crippen LogP contribution in [-0.4, -0.2) is 6.04 Å². The maximum absolute atomic E-state index is 9.00. The third-order valence-electron chi connectivity index (χ3n) is 4.38. The second-order valence-electron chi connectivity index (χ2n) is 5.51. The van der Waals surface area contributed by atoms with Gasteiger partial charge in [0.25, 0.3) is 0 Å². The van der Waals surface area contributed by atoms with Crippen molar-refractivity contribution in [2.45, 2.75) is 45.2 Å². The lowest BCUT2D eigenvalue weighted by atomic mass is 9.96. The van der Waals surface area contributed by atoms with Gasteiger partial charge in [0.05, 0.1) is 12.5 Å². The highest BCUT2D eigenvalue weighted by Gasteiger charge is 2.31. The molecule has 1 aliphatic rings. The molecule has 0 amide bonds. The first-order valence-electron chi connectivity index (χ1n) is 6.90. The number of rotatable bonds is 4. The molecule has 1 saturated carbocycles. The van der Waals surface area contributed by atoms with E-state index in [-0.39, 0.29) is 6.04 Å². The summed E-state index contributed by atoms with van der Waals surface area (Å²) in [6.45, 7) is 4.65. The maximum atomic E-state index is 9.00. The molecule has 0 aliphatic heterocycles. The second-order valence-corrected chi connectivity index (χ2v) is 5.51. The van der Waals surface area contributed by atoms with Gasteiger partial charge in [-0.1, -0.05) is 44.2 Å². The van der Waals surface area contributed by atoms with Crippen molar-refractivity contribution in [3.63, 3.8) is 0 Å². The van der Waals surface area contributed by atoms with Crippen LogP contribution in [-0.2, 0) is 0 Å². The first-order chi connectivity index (χ1) is 8.72. The Bertz CT molecular complexity index is 407. The summed E-state index contributed by atoms with van der Waals surface area (Å²) >= 11 is 0. The van der Waals surface area contributed by atoms with Gasteiger partial charge >= 0.3 is 0 Å². The smallest absolute Gasteiger partial charge is 0.0641 e. The zero-order valence-electron chi connectivity index (χ0n) is 11.3. The molecule has 1 aromatic carbocycles. The van der Waals surface area contributed by atoms with Gasteiger partial charge in [-0.3, -0.25) is 0 Å². The fourth-order valence-electron chi connectivity index (χ4n) is 2.91. The molecule has 2 heteroatoms. The molecule has 0 radical (unpaired) electrons. The molecule has 1 aliphatic carbocycles. The Hall–Kier alpha value is -1.33. The highest BCUT2D eigenvalue weighted by atomic mass is 15.0. The molecule has 0 bridgehead atoms. The summed E-state index contributed by atoms with van der Waals surface area (Å²) in [6.07, 6.45) is 3.08. The molecule has 0 spiro atoms. The van der Waals surface area contributed by atoms with Crippen LogP contribution in [0.2, 0.25) is 0 Å². The van der Waals surface area contributed by atoms with Gasteiger partial charge in [0.1, 0.15) is 0 Å². The Morgan fingerprint density at radius 3 is 2.56 bits per heavy atom. The number of hydrogen-bond donors (Lipinski definition) is 1. The van der Waals surface area contributed by atoms with Crippen molar-refractivity contribution in [1.29, 1.82) is 5.26 Å². The van der Waals surface area contributed by atoms with E-state index in [2.05, 4.69) is 37.4 Å². The SMILES string of the molecule is CC1CCC(NC(CC#N)c2ccccc2)C1C. The van der Waals surface area contributed by atoms with Crippen molar-refractivity contribution >= 4 is 0 Å². The molecule has 0 aromatic heterocycles. The van der Waals surface area contributed by atoms with Crippen molar-refractivity contribution in [1.82, 2.24) is 5.32 Å². The van der Waals surface area contributed by atoms with Crippen LogP contribution < -0.4 is 5.32 Å². The van der Waals surface area contributed by atoms with Crippen molar-refractivity contribution in [2.24, 2.45) is 11.8 Å². The van der Waals surface area contributed by atoms with Crippen molar-refractivity contribution in [2.75, 3.05) is 0 Å². The van der Waals surface area contributed by atoms with Gasteiger partial charge in [0.2, 0.25) is 0 Å². The minimum Gasteiger partial charge on any atom is -0.306 e. The van der Waals surface area contributed by atoms with Gasteiger partial charge in [0, 0.05) is 12.1 Å². The molecule has 4 atom stereocenters. The molecule has 1 fully saturated rings. The Balaban J connectivity index is 2.06. The van der Waals surface area contributed by atoms with E-state index in [9.17, 15) is 0 Å². The average Bonchev–Trinajstić information content (AvgIpc) is 2.71. The van der Waals surface area contributed by atoms with Crippen LogP contribution in [0, 0.1) is 23.2 Å². The van der Waals surface area contributed by atoms with E-state index in [0.29, 0.717) is 18.4 Å². The zero-order chi connectivity index (χ0) is 13.0. The Labute approximate surface area is 110 Å². The molecule has 2 rings (SSSR count). The fraction of sp³-hybridized carbons (Fsp3) is 0.562. The van der Waals surface area contributed by atoms with Gasteiger partial charge in [-0.2, -0.15) is 5.26 Å². The summed E-state index contributed by atoms with van der Waals surface area (Å²) in [6, 6.07) is 13.4. The minimum atomic E-state index is 0.175. The van der Waals surface area contributed by atoms with Crippen LogP contribution in [0.4, 0.5) is 0 Å². The zero-order valence-corrected chi connectivity index (χ0v) is 11.3. The molecule has 1 aromatic rings. The normalized spacial score (nSPS) is 28.8. The predicted octanol–water partition coefficient (Wildman–Crippen LogP) is 3.67. The quantitative estimate of drug-likeness (QED) is 0.874. The Morgan fingerprint density at radius 2 is 2.00 bits per heavy atom. The summed E-state index contributed by atoms with van der Waals surface area (Å²) in [5.74, 6) is 1.50. The summed E-state index contributed by atoms with van der Waals surface area (Å²) in [4.78, 5) is 0. The largest absolute Gasteiger partial charge is 0.306 e. The third kappa shape index (κ3) is 2.91. The third-order valence-corrected chi connectivity index (χ3v) is 4.38. The van der Waals surface area contributed by atoms with Crippen molar-refractivity contribution in [3.8, 4) is 6.07 Å². The first-order valence-corrected chi connectivity index (χ1v) is 6.90. The Kier molecular flexibility index (Phi) is 4.38. The molecule has 1 N–H and O–H groups in total. The molecule has 96 valence electrons. The summed E-state index contributed by atoms with van der Waals surface area (Å²) in [5.41, 5.74) is 1.23. The predicted molar refractivity (Wildman–Crippen MR) is 73.9 cm³/mol. The lowest BCUT2D eigenvalue weighted by Crippen LogP contribution is -2.35. The molecule has 0 heterocycles. The lowest BCUT2D eigenvalue weighted by Gasteiger charge is -2.25. The van der Waals surface area contributed by atoms with Gasteiger partial charge in [-0.05, 0) is 30.2 Å². The van der Waals surface area contributed by atoms with E-state index in [0.717, 1.165) is 5.92 Å². The van der Waals surface area contributed by atoms with E-state index in [1.54, 1.807) is 0 Å². The van der Waals surface area contributed by atoms with Gasteiger partial charge in [0.15, 0.2) is 0 Å². The number of benzene rings is 1. The molecule has 18 heavy (non-hydrogen) atoms. The van der Waals surface area contributed by atoms with E-state index in [1.807, 2.05) is 18.2 Å². The van der Waals surface area contributed by atoms with Gasteiger partial charge < -0.3 is 5.32 Å². The maximum Gasteiger partial charge on any atom is 0.0641 e. The molecule has 2 nitrogen and oxygen atoms in total. The van der Waals surface area contributed by atoms with E-state index in [4.69, 9.17) is 5.26 Å². The highest BCUT2D eigenvalue weighted by molar-refractivity contribution is 5.20. The van der Waals surface area contributed by atoms with Gasteiger partial charge in [-0.15, -0.1) is 0 Å². The van der Waals surface area contributed by atoms with Crippen LogP contribution in [0.5, 0.6) is 0 Å².